The first kappa shape index (κ1) is 13.8. The highest BCUT2D eigenvalue weighted by atomic mass is 16.5. The Balaban J connectivity index is 1.74. The monoisotopic (exact) mass is 266 g/mol. The minimum absolute atomic E-state index is 0.333. The summed E-state index contributed by atoms with van der Waals surface area (Å²) < 4.78 is 5.53. The van der Waals surface area contributed by atoms with Crippen LogP contribution in [0.4, 0.5) is 0 Å². The summed E-state index contributed by atoms with van der Waals surface area (Å²) in [6.07, 6.45) is 5.99. The zero-order valence-corrected chi connectivity index (χ0v) is 13.0. The Morgan fingerprint density at radius 3 is 2.37 bits per heavy atom. The van der Waals surface area contributed by atoms with E-state index in [2.05, 4.69) is 31.0 Å². The largest absolute Gasteiger partial charge is 0.380 e. The number of hydrogen-bond acceptors (Lipinski definition) is 3. The van der Waals surface area contributed by atoms with Gasteiger partial charge in [0.25, 0.3) is 0 Å². The van der Waals surface area contributed by atoms with E-state index in [0.717, 1.165) is 24.9 Å². The molecular weight excluding hydrogens is 236 g/mol. The van der Waals surface area contributed by atoms with Crippen LogP contribution in [0.15, 0.2) is 0 Å². The molecule has 3 fully saturated rings. The maximum Gasteiger partial charge on any atom is 0.0670 e. The van der Waals surface area contributed by atoms with Gasteiger partial charge in [-0.3, -0.25) is 4.90 Å². The summed E-state index contributed by atoms with van der Waals surface area (Å²) >= 11 is 0. The van der Waals surface area contributed by atoms with Gasteiger partial charge >= 0.3 is 0 Å². The fraction of sp³-hybridized carbons (Fsp3) is 1.00. The van der Waals surface area contributed by atoms with Crippen LogP contribution in [0.5, 0.6) is 0 Å². The third kappa shape index (κ3) is 2.57. The van der Waals surface area contributed by atoms with Gasteiger partial charge in [0.2, 0.25) is 0 Å². The van der Waals surface area contributed by atoms with Crippen molar-refractivity contribution >= 4 is 0 Å². The molecule has 1 heterocycles. The summed E-state index contributed by atoms with van der Waals surface area (Å²) in [5, 5.41) is 3.91. The van der Waals surface area contributed by atoms with E-state index in [1.165, 1.54) is 32.2 Å². The van der Waals surface area contributed by atoms with Gasteiger partial charge in [-0.25, -0.2) is 0 Å². The Bertz CT molecular complexity index is 340. The second kappa shape index (κ2) is 4.71. The standard InChI is InChI=1S/C16H30N2O/c1-12(19-4)9-18-11-15(2,13-5-6-13)17-10-16(18,3)14-7-8-14/h12-14,17H,5-11H2,1-4H3. The third-order valence-electron chi connectivity index (χ3n) is 5.91. The van der Waals surface area contributed by atoms with Crippen molar-refractivity contribution in [1.82, 2.24) is 10.2 Å². The van der Waals surface area contributed by atoms with Gasteiger partial charge in [0, 0.05) is 37.8 Å². The van der Waals surface area contributed by atoms with Crippen molar-refractivity contribution in [2.45, 2.75) is 63.6 Å². The minimum Gasteiger partial charge on any atom is -0.380 e. The smallest absolute Gasteiger partial charge is 0.0670 e. The van der Waals surface area contributed by atoms with E-state index in [1.54, 1.807) is 0 Å². The fourth-order valence-electron chi connectivity index (χ4n) is 3.89. The molecule has 0 aromatic rings. The van der Waals surface area contributed by atoms with E-state index in [-0.39, 0.29) is 0 Å². The molecule has 0 bridgehead atoms. The Hall–Kier alpha value is -0.120. The van der Waals surface area contributed by atoms with E-state index in [0.29, 0.717) is 17.2 Å². The fourth-order valence-corrected chi connectivity index (χ4v) is 3.89. The first-order valence-corrected chi connectivity index (χ1v) is 8.01. The van der Waals surface area contributed by atoms with Crippen LogP contribution >= 0.6 is 0 Å². The molecular formula is C16H30N2O. The number of hydrogen-bond donors (Lipinski definition) is 1. The van der Waals surface area contributed by atoms with Crippen molar-refractivity contribution < 1.29 is 4.74 Å². The molecule has 0 spiro atoms. The highest BCUT2D eigenvalue weighted by Gasteiger charge is 2.54. The summed E-state index contributed by atoms with van der Waals surface area (Å²) in [7, 11) is 1.83. The normalized spacial score (nSPS) is 42.3. The lowest BCUT2D eigenvalue weighted by Gasteiger charge is -2.53. The molecule has 1 N–H and O–H groups in total. The van der Waals surface area contributed by atoms with Crippen molar-refractivity contribution in [3.63, 3.8) is 0 Å². The third-order valence-corrected chi connectivity index (χ3v) is 5.91. The quantitative estimate of drug-likeness (QED) is 0.826. The molecule has 3 nitrogen and oxygen atoms in total. The van der Waals surface area contributed by atoms with Crippen molar-refractivity contribution in [3.8, 4) is 0 Å². The van der Waals surface area contributed by atoms with Gasteiger partial charge in [-0.15, -0.1) is 0 Å². The number of ether oxygens (including phenoxy) is 1. The highest BCUT2D eigenvalue weighted by Crippen LogP contribution is 2.48. The van der Waals surface area contributed by atoms with Crippen LogP contribution in [-0.4, -0.2) is 48.8 Å². The van der Waals surface area contributed by atoms with Crippen molar-refractivity contribution in [1.29, 1.82) is 0 Å². The molecule has 3 atom stereocenters. The molecule has 3 unspecified atom stereocenters. The first-order chi connectivity index (χ1) is 8.98. The van der Waals surface area contributed by atoms with E-state index < -0.39 is 0 Å². The summed E-state index contributed by atoms with van der Waals surface area (Å²) in [4.78, 5) is 2.74. The molecule has 3 aliphatic rings. The summed E-state index contributed by atoms with van der Waals surface area (Å²) in [6.45, 7) is 10.5. The molecule has 1 aliphatic heterocycles. The van der Waals surface area contributed by atoms with Crippen molar-refractivity contribution in [3.05, 3.63) is 0 Å². The van der Waals surface area contributed by atoms with Gasteiger partial charge in [-0.2, -0.15) is 0 Å². The lowest BCUT2D eigenvalue weighted by atomic mass is 9.83. The molecule has 0 radical (unpaired) electrons. The summed E-state index contributed by atoms with van der Waals surface area (Å²) in [5.41, 5.74) is 0.684. The number of rotatable bonds is 5. The number of nitrogens with zero attached hydrogens (tertiary/aromatic N) is 1. The SMILES string of the molecule is COC(C)CN1CC(C)(C2CC2)NCC1(C)C1CC1. The number of piperazine rings is 1. The predicted octanol–water partition coefficient (Wildman–Crippen LogP) is 2.26. The van der Waals surface area contributed by atoms with Crippen LogP contribution in [0.1, 0.15) is 46.5 Å². The van der Waals surface area contributed by atoms with Crippen LogP contribution in [0.2, 0.25) is 0 Å². The lowest BCUT2D eigenvalue weighted by molar-refractivity contribution is -0.0334. The average molecular weight is 266 g/mol. The van der Waals surface area contributed by atoms with Crippen molar-refractivity contribution in [2.24, 2.45) is 11.8 Å². The van der Waals surface area contributed by atoms with Gasteiger partial charge in [0.1, 0.15) is 0 Å². The molecule has 0 aromatic carbocycles. The molecule has 0 aromatic heterocycles. The number of nitrogens with one attached hydrogen (secondary N) is 1. The molecule has 19 heavy (non-hydrogen) atoms. The van der Waals surface area contributed by atoms with E-state index >= 15 is 0 Å². The summed E-state index contributed by atoms with van der Waals surface area (Å²) in [5.74, 6) is 1.80. The van der Waals surface area contributed by atoms with E-state index in [4.69, 9.17) is 4.74 Å². The second-order valence-electron chi connectivity index (χ2n) is 7.60. The predicted molar refractivity (Wildman–Crippen MR) is 78.3 cm³/mol. The van der Waals surface area contributed by atoms with Crippen LogP contribution < -0.4 is 5.32 Å². The summed E-state index contributed by atoms with van der Waals surface area (Å²) in [6, 6.07) is 0. The highest BCUT2D eigenvalue weighted by molar-refractivity contribution is 5.11. The zero-order valence-electron chi connectivity index (χ0n) is 13.0. The molecule has 3 rings (SSSR count). The van der Waals surface area contributed by atoms with Gasteiger partial charge in [-0.05, 0) is 58.3 Å². The van der Waals surface area contributed by atoms with Gasteiger partial charge in [0.05, 0.1) is 6.10 Å². The Morgan fingerprint density at radius 2 is 1.84 bits per heavy atom. The van der Waals surface area contributed by atoms with Gasteiger partial charge in [-0.1, -0.05) is 0 Å². The first-order valence-electron chi connectivity index (χ1n) is 8.01. The molecule has 0 amide bonds. The van der Waals surface area contributed by atoms with Crippen LogP contribution in [0.25, 0.3) is 0 Å². The van der Waals surface area contributed by atoms with E-state index in [9.17, 15) is 0 Å². The topological polar surface area (TPSA) is 24.5 Å². The lowest BCUT2D eigenvalue weighted by Crippen LogP contribution is -2.70. The Morgan fingerprint density at radius 1 is 1.21 bits per heavy atom. The van der Waals surface area contributed by atoms with Crippen LogP contribution in [0, 0.1) is 11.8 Å². The van der Waals surface area contributed by atoms with Crippen LogP contribution in [-0.2, 0) is 4.74 Å². The molecule has 2 aliphatic carbocycles. The Kier molecular flexibility index (Phi) is 3.43. The number of methoxy groups -OCH3 is 1. The van der Waals surface area contributed by atoms with Gasteiger partial charge < -0.3 is 10.1 Å². The van der Waals surface area contributed by atoms with Crippen LogP contribution in [0.3, 0.4) is 0 Å². The minimum atomic E-state index is 0.333. The van der Waals surface area contributed by atoms with E-state index in [1.807, 2.05) is 7.11 Å². The Labute approximate surface area is 118 Å². The van der Waals surface area contributed by atoms with Gasteiger partial charge in [0.15, 0.2) is 0 Å². The van der Waals surface area contributed by atoms with Crippen molar-refractivity contribution in [2.75, 3.05) is 26.7 Å². The average Bonchev–Trinajstić information content (AvgIpc) is 3.23. The molecule has 1 saturated heterocycles. The second-order valence-corrected chi connectivity index (χ2v) is 7.60. The zero-order chi connectivity index (χ0) is 13.7. The molecule has 110 valence electrons. The molecule has 3 heteroatoms. The maximum absolute atomic E-state index is 5.53. The molecule has 2 saturated carbocycles. The maximum atomic E-state index is 5.53.